The molecule has 0 bridgehead atoms. The third-order valence-electron chi connectivity index (χ3n) is 4.46. The Hall–Kier alpha value is -2.34. The summed E-state index contributed by atoms with van der Waals surface area (Å²) in [7, 11) is 1.61. The number of fused-ring (bicyclic) bond motifs is 1. The molecule has 2 rings (SSSR count). The van der Waals surface area contributed by atoms with Crippen LogP contribution in [0, 0.1) is 5.92 Å². The van der Waals surface area contributed by atoms with Crippen molar-refractivity contribution in [3.05, 3.63) is 42.0 Å². The maximum absolute atomic E-state index is 12.3. The lowest BCUT2D eigenvalue weighted by Gasteiger charge is -2.12. The van der Waals surface area contributed by atoms with Crippen molar-refractivity contribution >= 4 is 39.6 Å². The number of carbonyl (C=O) groups is 3. The first-order valence-corrected chi connectivity index (χ1v) is 9.83. The summed E-state index contributed by atoms with van der Waals surface area (Å²) in [5.74, 6) is -0.252. The van der Waals surface area contributed by atoms with Crippen LogP contribution in [0.3, 0.4) is 0 Å². The van der Waals surface area contributed by atoms with Gasteiger partial charge >= 0.3 is 11.3 Å². The van der Waals surface area contributed by atoms with E-state index in [1.807, 2.05) is 36.4 Å². The number of Topliss-reactive ketones (excluding diaryl/α,β-unsaturated/α-hetero) is 1. The monoisotopic (exact) mass is 388 g/mol. The molecular weight excluding hydrogens is 364 g/mol. The number of methoxy groups -OCH3 is 1. The van der Waals surface area contributed by atoms with Crippen molar-refractivity contribution in [3.8, 4) is 5.75 Å². The highest BCUT2D eigenvalue weighted by Crippen LogP contribution is 2.26. The summed E-state index contributed by atoms with van der Waals surface area (Å²) in [6.45, 7) is 5.25. The molecule has 0 aromatic heterocycles. The average molecular weight is 388 g/mol. The van der Waals surface area contributed by atoms with Crippen molar-refractivity contribution in [2.75, 3.05) is 12.9 Å². The Morgan fingerprint density at radius 1 is 1.04 bits per heavy atom. The van der Waals surface area contributed by atoms with Gasteiger partial charge in [0.25, 0.3) is 0 Å². The smallest absolute Gasteiger partial charge is 0.375 e. The quantitative estimate of drug-likeness (QED) is 0.493. The molecule has 0 aliphatic carbocycles. The Balaban J connectivity index is 1.99. The summed E-state index contributed by atoms with van der Waals surface area (Å²) < 4.78 is 10.1. The van der Waals surface area contributed by atoms with E-state index in [9.17, 15) is 14.4 Å². The third-order valence-corrected chi connectivity index (χ3v) is 5.44. The molecule has 27 heavy (non-hydrogen) atoms. The average Bonchev–Trinajstić information content (AvgIpc) is 2.69. The van der Waals surface area contributed by atoms with Crippen LogP contribution >= 0.6 is 11.8 Å². The topological polar surface area (TPSA) is 69.7 Å². The van der Waals surface area contributed by atoms with Gasteiger partial charge < -0.3 is 9.47 Å². The van der Waals surface area contributed by atoms with Crippen LogP contribution in [0.15, 0.2) is 36.4 Å². The van der Waals surface area contributed by atoms with Crippen LogP contribution < -0.4 is 4.74 Å². The maximum atomic E-state index is 12.3. The van der Waals surface area contributed by atoms with E-state index in [1.165, 1.54) is 0 Å². The van der Waals surface area contributed by atoms with Crippen molar-refractivity contribution in [3.63, 3.8) is 0 Å². The molecule has 2 aromatic rings. The Morgan fingerprint density at radius 3 is 2.37 bits per heavy atom. The highest BCUT2D eigenvalue weighted by molar-refractivity contribution is 8.13. The highest BCUT2D eigenvalue weighted by atomic mass is 32.2. The van der Waals surface area contributed by atoms with Crippen LogP contribution in [-0.4, -0.2) is 29.9 Å². The van der Waals surface area contributed by atoms with Gasteiger partial charge in [0.1, 0.15) is 11.5 Å². The van der Waals surface area contributed by atoms with Crippen LogP contribution in [0.5, 0.6) is 5.75 Å². The lowest BCUT2D eigenvalue weighted by atomic mass is 9.98. The molecule has 0 heterocycles. The number of hydrogen-bond acceptors (Lipinski definition) is 6. The Kier molecular flexibility index (Phi) is 7.42. The maximum Gasteiger partial charge on any atom is 0.375 e. The van der Waals surface area contributed by atoms with Crippen LogP contribution in [-0.2, 0) is 14.3 Å². The van der Waals surface area contributed by atoms with Gasteiger partial charge in [0.15, 0.2) is 0 Å². The summed E-state index contributed by atoms with van der Waals surface area (Å²) in [6.07, 6.45) is 0.431. The molecule has 0 fully saturated rings. The van der Waals surface area contributed by atoms with Crippen LogP contribution in [0.1, 0.15) is 38.7 Å². The molecule has 2 aromatic carbocycles. The molecule has 0 N–H and O–H groups in total. The number of thioether (sulfide) groups is 1. The second-order valence-electron chi connectivity index (χ2n) is 6.40. The molecule has 2 atom stereocenters. The van der Waals surface area contributed by atoms with Gasteiger partial charge in [-0.25, -0.2) is 4.79 Å². The number of esters is 1. The predicted molar refractivity (Wildman–Crippen MR) is 107 cm³/mol. The largest absolute Gasteiger partial charge is 0.497 e. The van der Waals surface area contributed by atoms with Gasteiger partial charge in [0, 0.05) is 18.1 Å². The Bertz CT molecular complexity index is 846. The van der Waals surface area contributed by atoms with E-state index in [0.717, 1.165) is 33.8 Å². The minimum absolute atomic E-state index is 0.0859. The van der Waals surface area contributed by atoms with Crippen molar-refractivity contribution in [2.45, 2.75) is 33.1 Å². The number of ether oxygens (including phenoxy) is 2. The number of ketones is 1. The van der Waals surface area contributed by atoms with E-state index in [4.69, 9.17) is 9.47 Å². The summed E-state index contributed by atoms with van der Waals surface area (Å²) in [5, 5.41) is 1.30. The molecule has 5 nitrogen and oxygen atoms in total. The minimum atomic E-state index is -0.673. The molecule has 0 saturated carbocycles. The molecule has 0 aliphatic rings. The Morgan fingerprint density at radius 2 is 1.70 bits per heavy atom. The number of rotatable bonds is 7. The summed E-state index contributed by atoms with van der Waals surface area (Å²) >= 11 is 0.859. The standard InChI is InChI=1S/C21H24O5S/c1-5-19(22)13(2)12-27-21(24)26-20(23)14(3)15-6-7-17-11-18(25-4)9-8-16(17)10-15/h6-11,13-14H,5,12H2,1-4H3/t13?,14-/m0/s1. The van der Waals surface area contributed by atoms with E-state index < -0.39 is 17.2 Å². The molecule has 0 amide bonds. The van der Waals surface area contributed by atoms with E-state index in [0.29, 0.717) is 12.2 Å². The fourth-order valence-corrected chi connectivity index (χ4v) is 3.32. The number of hydrogen-bond donors (Lipinski definition) is 0. The van der Waals surface area contributed by atoms with Crippen LogP contribution in [0.4, 0.5) is 4.79 Å². The first-order valence-electron chi connectivity index (χ1n) is 8.84. The second kappa shape index (κ2) is 9.55. The van der Waals surface area contributed by atoms with Gasteiger partial charge in [0.05, 0.1) is 13.0 Å². The van der Waals surface area contributed by atoms with Gasteiger partial charge in [0.2, 0.25) is 0 Å². The Labute approximate surface area is 163 Å². The van der Waals surface area contributed by atoms with Gasteiger partial charge in [-0.1, -0.05) is 38.1 Å². The van der Waals surface area contributed by atoms with E-state index in [2.05, 4.69) is 0 Å². The van der Waals surface area contributed by atoms with Crippen LogP contribution in [0.25, 0.3) is 10.8 Å². The summed E-state index contributed by atoms with van der Waals surface area (Å²) in [4.78, 5) is 35.7. The zero-order valence-electron chi connectivity index (χ0n) is 16.0. The zero-order chi connectivity index (χ0) is 20.0. The molecule has 0 radical (unpaired) electrons. The predicted octanol–water partition coefficient (Wildman–Crippen LogP) is 4.96. The second-order valence-corrected chi connectivity index (χ2v) is 7.35. The molecule has 0 aliphatic heterocycles. The summed E-state index contributed by atoms with van der Waals surface area (Å²) in [5.41, 5.74) is 0.769. The first-order chi connectivity index (χ1) is 12.8. The first kappa shape index (κ1) is 21.0. The SMILES string of the molecule is CCC(=O)C(C)CSC(=O)OC(=O)[C@@H](C)c1ccc2cc(OC)ccc2c1. The fraction of sp³-hybridized carbons (Fsp3) is 0.381. The normalized spacial score (nSPS) is 13.0. The fourth-order valence-electron chi connectivity index (χ4n) is 2.61. The third kappa shape index (κ3) is 5.57. The zero-order valence-corrected chi connectivity index (χ0v) is 16.8. The van der Waals surface area contributed by atoms with Gasteiger partial charge in [-0.15, -0.1) is 0 Å². The molecule has 0 saturated heterocycles. The molecule has 144 valence electrons. The number of benzene rings is 2. The van der Waals surface area contributed by atoms with Gasteiger partial charge in [-0.05, 0) is 47.2 Å². The molecular formula is C21H24O5S. The van der Waals surface area contributed by atoms with E-state index in [-0.39, 0.29) is 11.7 Å². The minimum Gasteiger partial charge on any atom is -0.497 e. The molecule has 1 unspecified atom stereocenters. The van der Waals surface area contributed by atoms with Gasteiger partial charge in [-0.2, -0.15) is 0 Å². The van der Waals surface area contributed by atoms with Crippen molar-refractivity contribution in [2.24, 2.45) is 5.92 Å². The molecule has 6 heteroatoms. The van der Waals surface area contributed by atoms with E-state index >= 15 is 0 Å². The highest BCUT2D eigenvalue weighted by Gasteiger charge is 2.22. The van der Waals surface area contributed by atoms with Crippen LogP contribution in [0.2, 0.25) is 0 Å². The molecule has 0 spiro atoms. The van der Waals surface area contributed by atoms with E-state index in [1.54, 1.807) is 27.9 Å². The van der Waals surface area contributed by atoms with Crippen molar-refractivity contribution in [1.29, 1.82) is 0 Å². The lowest BCUT2D eigenvalue weighted by Crippen LogP contribution is -2.18. The van der Waals surface area contributed by atoms with Crippen molar-refractivity contribution < 1.29 is 23.9 Å². The number of carbonyl (C=O) groups excluding carboxylic acids is 3. The van der Waals surface area contributed by atoms with Gasteiger partial charge in [-0.3, -0.25) is 9.59 Å². The van der Waals surface area contributed by atoms with Crippen molar-refractivity contribution in [1.82, 2.24) is 0 Å². The summed E-state index contributed by atoms with van der Waals surface area (Å²) in [6, 6.07) is 11.3. The lowest BCUT2D eigenvalue weighted by molar-refractivity contribution is -0.137.